The third kappa shape index (κ3) is 3.26. The minimum atomic E-state index is -0.861. The maximum atomic E-state index is 13.2. The van der Waals surface area contributed by atoms with Crippen molar-refractivity contribution in [2.75, 3.05) is 0 Å². The molecular formula is C19H14FNO2. The molecule has 23 heavy (non-hydrogen) atoms. The van der Waals surface area contributed by atoms with Crippen LogP contribution < -0.4 is 5.56 Å². The fourth-order valence-electron chi connectivity index (χ4n) is 2.36. The number of hydrogen-bond donors (Lipinski definition) is 0. The summed E-state index contributed by atoms with van der Waals surface area (Å²) >= 11 is 0. The highest BCUT2D eigenvalue weighted by atomic mass is 19.1. The molecule has 3 aromatic rings. The average Bonchev–Trinajstić information content (AvgIpc) is 2.60. The van der Waals surface area contributed by atoms with Gasteiger partial charge in [0.2, 0.25) is 0 Å². The number of pyridine rings is 1. The Balaban J connectivity index is 1.81. The van der Waals surface area contributed by atoms with Gasteiger partial charge in [-0.15, -0.1) is 0 Å². The van der Waals surface area contributed by atoms with E-state index in [0.29, 0.717) is 5.56 Å². The van der Waals surface area contributed by atoms with Crippen LogP contribution in [-0.2, 0) is 6.54 Å². The van der Waals surface area contributed by atoms with Crippen LogP contribution >= 0.6 is 0 Å². The van der Waals surface area contributed by atoms with Crippen molar-refractivity contribution in [3.8, 4) is 11.1 Å². The Hall–Kier alpha value is -3.01. The second-order valence-corrected chi connectivity index (χ2v) is 5.16. The largest absolute Gasteiger partial charge is 0.305 e. The van der Waals surface area contributed by atoms with Crippen LogP contribution in [-0.4, -0.2) is 10.4 Å². The molecule has 0 aliphatic heterocycles. The number of nitrogens with zero attached hydrogens (tertiary/aromatic N) is 1. The minimum Gasteiger partial charge on any atom is -0.305 e. The number of carbonyl (C=O) groups is 1. The van der Waals surface area contributed by atoms with Gasteiger partial charge in [0, 0.05) is 11.8 Å². The number of hydrogen-bond acceptors (Lipinski definition) is 2. The summed E-state index contributed by atoms with van der Waals surface area (Å²) in [5.74, 6) is -1.10. The second kappa shape index (κ2) is 6.40. The highest BCUT2D eigenvalue weighted by Gasteiger charge is 2.10. The van der Waals surface area contributed by atoms with Crippen LogP contribution in [0.4, 0.5) is 4.39 Å². The summed E-state index contributed by atoms with van der Waals surface area (Å²) in [5.41, 5.74) is 1.76. The van der Waals surface area contributed by atoms with Crippen LogP contribution in [0.5, 0.6) is 0 Å². The summed E-state index contributed by atoms with van der Waals surface area (Å²) in [5, 5.41) is 0. The van der Waals surface area contributed by atoms with Crippen molar-refractivity contribution in [2.45, 2.75) is 6.54 Å². The van der Waals surface area contributed by atoms with Crippen LogP contribution in [0.1, 0.15) is 10.4 Å². The fourth-order valence-corrected chi connectivity index (χ4v) is 2.36. The zero-order valence-corrected chi connectivity index (χ0v) is 12.3. The van der Waals surface area contributed by atoms with Crippen molar-refractivity contribution in [3.63, 3.8) is 0 Å². The van der Waals surface area contributed by atoms with E-state index in [9.17, 15) is 14.0 Å². The molecule has 0 aliphatic rings. The van der Waals surface area contributed by atoms with E-state index in [1.54, 1.807) is 12.1 Å². The van der Waals surface area contributed by atoms with Gasteiger partial charge in [0.15, 0.2) is 11.6 Å². The summed E-state index contributed by atoms with van der Waals surface area (Å²) in [7, 11) is 0. The lowest BCUT2D eigenvalue weighted by molar-refractivity contribution is 0.0970. The molecular weight excluding hydrogens is 293 g/mol. The average molecular weight is 307 g/mol. The number of carbonyl (C=O) groups excluding carboxylic acids is 1. The third-order valence-electron chi connectivity index (χ3n) is 3.60. The molecule has 1 heterocycles. The predicted octanol–water partition coefficient (Wildman–Crippen LogP) is 3.54. The lowest BCUT2D eigenvalue weighted by atomic mass is 10.0. The maximum absolute atomic E-state index is 13.2. The summed E-state index contributed by atoms with van der Waals surface area (Å²) < 4.78 is 14.3. The summed E-state index contributed by atoms with van der Waals surface area (Å²) in [4.78, 5) is 23.9. The molecule has 3 nitrogen and oxygen atoms in total. The molecule has 0 fully saturated rings. The number of ketones is 1. The Bertz CT molecular complexity index is 883. The molecule has 4 heteroatoms. The highest BCUT2D eigenvalue weighted by molar-refractivity contribution is 5.96. The van der Waals surface area contributed by atoms with Gasteiger partial charge in [-0.3, -0.25) is 9.59 Å². The van der Waals surface area contributed by atoms with Gasteiger partial charge in [0.05, 0.1) is 6.54 Å². The molecule has 0 radical (unpaired) electrons. The normalized spacial score (nSPS) is 10.5. The molecule has 0 spiro atoms. The van der Waals surface area contributed by atoms with Crippen molar-refractivity contribution < 1.29 is 9.18 Å². The maximum Gasteiger partial charge on any atom is 0.286 e. The molecule has 0 aliphatic carbocycles. The van der Waals surface area contributed by atoms with E-state index >= 15 is 0 Å². The lowest BCUT2D eigenvalue weighted by Gasteiger charge is -2.06. The number of benzene rings is 2. The van der Waals surface area contributed by atoms with E-state index in [4.69, 9.17) is 0 Å². The third-order valence-corrected chi connectivity index (χ3v) is 3.60. The predicted molar refractivity (Wildman–Crippen MR) is 86.9 cm³/mol. The van der Waals surface area contributed by atoms with Gasteiger partial charge in [0.1, 0.15) is 0 Å². The second-order valence-electron chi connectivity index (χ2n) is 5.16. The van der Waals surface area contributed by atoms with Crippen molar-refractivity contribution in [1.82, 2.24) is 4.57 Å². The van der Waals surface area contributed by atoms with Gasteiger partial charge in [-0.1, -0.05) is 54.6 Å². The van der Waals surface area contributed by atoms with Crippen molar-refractivity contribution in [2.24, 2.45) is 0 Å². The Morgan fingerprint density at radius 2 is 1.52 bits per heavy atom. The van der Waals surface area contributed by atoms with Crippen LogP contribution in [0, 0.1) is 5.82 Å². The summed E-state index contributed by atoms with van der Waals surface area (Å²) in [6.07, 6.45) is 1.40. The van der Waals surface area contributed by atoms with Gasteiger partial charge in [-0.2, -0.15) is 0 Å². The van der Waals surface area contributed by atoms with Gasteiger partial charge in [-0.25, -0.2) is 4.39 Å². The van der Waals surface area contributed by atoms with Crippen molar-refractivity contribution >= 4 is 5.78 Å². The first kappa shape index (κ1) is 14.9. The summed E-state index contributed by atoms with van der Waals surface area (Å²) in [6, 6.07) is 19.5. The molecule has 0 unspecified atom stereocenters. The zero-order valence-electron chi connectivity index (χ0n) is 12.3. The first-order valence-electron chi connectivity index (χ1n) is 7.19. The molecule has 0 saturated carbocycles. The molecule has 0 atom stereocenters. The number of rotatable bonds is 4. The quantitative estimate of drug-likeness (QED) is 0.692. The fraction of sp³-hybridized carbons (Fsp3) is 0.0526. The van der Waals surface area contributed by atoms with Crippen molar-refractivity contribution in [1.29, 1.82) is 0 Å². The van der Waals surface area contributed by atoms with Crippen LogP contribution in [0.25, 0.3) is 11.1 Å². The SMILES string of the molecule is O=C(Cn1cccc(F)c1=O)c1ccc(-c2ccccc2)cc1. The Morgan fingerprint density at radius 1 is 0.870 bits per heavy atom. The van der Waals surface area contributed by atoms with Gasteiger partial charge in [-0.05, 0) is 23.3 Å². The Labute approximate surface area is 132 Å². The van der Waals surface area contributed by atoms with Gasteiger partial charge >= 0.3 is 0 Å². The molecule has 2 aromatic carbocycles. The smallest absolute Gasteiger partial charge is 0.286 e. The Morgan fingerprint density at radius 3 is 2.22 bits per heavy atom. The topological polar surface area (TPSA) is 39.1 Å². The first-order chi connectivity index (χ1) is 11.1. The number of Topliss-reactive ketones (excluding diaryl/α,β-unsaturated/α-hetero) is 1. The minimum absolute atomic E-state index is 0.179. The van der Waals surface area contributed by atoms with E-state index < -0.39 is 11.4 Å². The Kier molecular flexibility index (Phi) is 4.15. The molecule has 114 valence electrons. The molecule has 0 saturated heterocycles. The van der Waals surface area contributed by atoms with E-state index in [-0.39, 0.29) is 12.3 Å². The molecule has 1 aromatic heterocycles. The summed E-state index contributed by atoms with van der Waals surface area (Å²) in [6.45, 7) is -0.179. The van der Waals surface area contributed by atoms with Gasteiger partial charge < -0.3 is 4.57 Å². The lowest BCUT2D eigenvalue weighted by Crippen LogP contribution is -2.25. The van der Waals surface area contributed by atoms with Crippen LogP contribution in [0.15, 0.2) is 77.7 Å². The highest BCUT2D eigenvalue weighted by Crippen LogP contribution is 2.19. The first-order valence-corrected chi connectivity index (χ1v) is 7.19. The van der Waals surface area contributed by atoms with E-state index in [1.165, 1.54) is 12.3 Å². The van der Waals surface area contributed by atoms with Crippen LogP contribution in [0.3, 0.4) is 0 Å². The van der Waals surface area contributed by atoms with E-state index in [1.807, 2.05) is 42.5 Å². The molecule has 3 rings (SSSR count). The van der Waals surface area contributed by atoms with Gasteiger partial charge in [0.25, 0.3) is 5.56 Å². The molecule has 0 amide bonds. The van der Waals surface area contributed by atoms with E-state index in [0.717, 1.165) is 21.8 Å². The monoisotopic (exact) mass is 307 g/mol. The number of aromatic nitrogens is 1. The number of halogens is 1. The van der Waals surface area contributed by atoms with E-state index in [2.05, 4.69) is 0 Å². The van der Waals surface area contributed by atoms with Crippen molar-refractivity contribution in [3.05, 3.63) is 94.7 Å². The van der Waals surface area contributed by atoms with Crippen LogP contribution in [0.2, 0.25) is 0 Å². The standard InChI is InChI=1S/C19H14FNO2/c20-17-7-4-12-21(19(17)23)13-18(22)16-10-8-15(9-11-16)14-5-2-1-3-6-14/h1-12H,13H2. The molecule has 0 N–H and O–H groups in total. The zero-order chi connectivity index (χ0) is 16.2. The molecule has 0 bridgehead atoms.